The fourth-order valence-electron chi connectivity index (χ4n) is 2.91. The summed E-state index contributed by atoms with van der Waals surface area (Å²) < 4.78 is 0. The summed E-state index contributed by atoms with van der Waals surface area (Å²) in [7, 11) is 2.20. The molecule has 1 aliphatic rings. The van der Waals surface area contributed by atoms with Crippen LogP contribution in [0.3, 0.4) is 0 Å². The number of fused-ring (bicyclic) bond motifs is 1. The summed E-state index contributed by atoms with van der Waals surface area (Å²) in [6.45, 7) is 7.79. The quantitative estimate of drug-likeness (QED) is 0.903. The molecule has 4 heteroatoms. The zero-order chi connectivity index (χ0) is 14.5. The van der Waals surface area contributed by atoms with Crippen LogP contribution in [-0.4, -0.2) is 61.1 Å². The molecule has 2 heterocycles. The number of nitrogens with zero attached hydrogens (tertiary/aromatic N) is 3. The van der Waals surface area contributed by atoms with Crippen LogP contribution < -0.4 is 5.32 Å². The third-order valence-corrected chi connectivity index (χ3v) is 4.16. The molecule has 0 atom stereocenters. The van der Waals surface area contributed by atoms with Gasteiger partial charge in [0.1, 0.15) is 0 Å². The number of aromatic nitrogens is 1. The molecule has 2 aromatic rings. The molecule has 0 unspecified atom stereocenters. The van der Waals surface area contributed by atoms with E-state index in [-0.39, 0.29) is 0 Å². The van der Waals surface area contributed by atoms with Gasteiger partial charge in [-0.2, -0.15) is 0 Å². The summed E-state index contributed by atoms with van der Waals surface area (Å²) in [4.78, 5) is 9.47. The van der Waals surface area contributed by atoms with Crippen LogP contribution in [0.2, 0.25) is 0 Å². The Bertz CT molecular complexity index is 573. The van der Waals surface area contributed by atoms with Gasteiger partial charge in [-0.1, -0.05) is 24.3 Å². The van der Waals surface area contributed by atoms with Crippen molar-refractivity contribution in [3.05, 3.63) is 42.1 Å². The number of benzene rings is 1. The van der Waals surface area contributed by atoms with E-state index in [0.717, 1.165) is 38.2 Å². The fraction of sp³-hybridized carbons (Fsp3) is 0.471. The van der Waals surface area contributed by atoms with E-state index in [1.165, 1.54) is 24.0 Å². The highest BCUT2D eigenvalue weighted by Crippen LogP contribution is 2.17. The summed E-state index contributed by atoms with van der Waals surface area (Å²) >= 11 is 0. The van der Waals surface area contributed by atoms with E-state index in [1.54, 1.807) is 0 Å². The Labute approximate surface area is 126 Å². The van der Waals surface area contributed by atoms with Crippen LogP contribution in [0.1, 0.15) is 5.56 Å². The molecule has 112 valence electrons. The first kappa shape index (κ1) is 14.4. The highest BCUT2D eigenvalue weighted by Gasteiger charge is 2.11. The lowest BCUT2D eigenvalue weighted by Crippen LogP contribution is -2.45. The minimum Gasteiger partial charge on any atom is -0.314 e. The van der Waals surface area contributed by atoms with Crippen molar-refractivity contribution in [3.63, 3.8) is 0 Å². The zero-order valence-electron chi connectivity index (χ0n) is 12.8. The average Bonchev–Trinajstić information content (AvgIpc) is 2.54. The van der Waals surface area contributed by atoms with Crippen LogP contribution in [0.25, 0.3) is 10.9 Å². The van der Waals surface area contributed by atoms with E-state index in [1.807, 2.05) is 12.3 Å². The zero-order valence-corrected chi connectivity index (χ0v) is 12.8. The van der Waals surface area contributed by atoms with E-state index >= 15 is 0 Å². The second-order valence-corrected chi connectivity index (χ2v) is 5.82. The second kappa shape index (κ2) is 6.98. The Morgan fingerprint density at radius 2 is 2.00 bits per heavy atom. The second-order valence-electron chi connectivity index (χ2n) is 5.82. The van der Waals surface area contributed by atoms with Crippen molar-refractivity contribution in [2.24, 2.45) is 0 Å². The predicted molar refractivity (Wildman–Crippen MR) is 87.4 cm³/mol. The number of pyridine rings is 1. The van der Waals surface area contributed by atoms with E-state index in [2.05, 4.69) is 51.4 Å². The molecule has 0 amide bonds. The highest BCUT2D eigenvalue weighted by atomic mass is 15.2. The molecule has 1 saturated heterocycles. The summed E-state index contributed by atoms with van der Waals surface area (Å²) in [5, 5.41) is 4.63. The summed E-state index contributed by atoms with van der Waals surface area (Å²) in [6.07, 6.45) is 1.88. The van der Waals surface area contributed by atoms with Crippen LogP contribution in [0.15, 0.2) is 36.5 Å². The van der Waals surface area contributed by atoms with Gasteiger partial charge in [0.25, 0.3) is 0 Å². The number of nitrogens with one attached hydrogen (secondary N) is 1. The molecule has 1 aliphatic heterocycles. The minimum atomic E-state index is 0.959. The van der Waals surface area contributed by atoms with Crippen molar-refractivity contribution in [2.75, 3.05) is 46.3 Å². The maximum atomic E-state index is 4.54. The number of para-hydroxylation sites is 1. The van der Waals surface area contributed by atoms with Crippen molar-refractivity contribution >= 4 is 10.9 Å². The van der Waals surface area contributed by atoms with E-state index in [0.29, 0.717) is 0 Å². The van der Waals surface area contributed by atoms with Gasteiger partial charge in [0.15, 0.2) is 0 Å². The van der Waals surface area contributed by atoms with E-state index in [9.17, 15) is 0 Å². The predicted octanol–water partition coefficient (Wildman–Crippen LogP) is 1.57. The summed E-state index contributed by atoms with van der Waals surface area (Å²) in [5.74, 6) is 0. The molecule has 0 bridgehead atoms. The van der Waals surface area contributed by atoms with E-state index in [4.69, 9.17) is 0 Å². The van der Waals surface area contributed by atoms with Gasteiger partial charge in [-0.15, -0.1) is 0 Å². The monoisotopic (exact) mass is 284 g/mol. The number of piperazine rings is 1. The topological polar surface area (TPSA) is 31.4 Å². The van der Waals surface area contributed by atoms with Crippen molar-refractivity contribution < 1.29 is 0 Å². The van der Waals surface area contributed by atoms with Gasteiger partial charge < -0.3 is 10.2 Å². The molecule has 4 nitrogen and oxygen atoms in total. The SMILES string of the molecule is CN(CCN1CCNCC1)Cc1cccc2cccnc12. The Kier molecular flexibility index (Phi) is 4.80. The Balaban J connectivity index is 1.59. The maximum absolute atomic E-state index is 4.54. The third-order valence-electron chi connectivity index (χ3n) is 4.16. The molecule has 0 spiro atoms. The third kappa shape index (κ3) is 3.79. The highest BCUT2D eigenvalue weighted by molar-refractivity contribution is 5.81. The lowest BCUT2D eigenvalue weighted by molar-refractivity contribution is 0.202. The number of hydrogen-bond acceptors (Lipinski definition) is 4. The molecule has 1 aromatic carbocycles. The molecule has 3 rings (SSSR count). The molecule has 21 heavy (non-hydrogen) atoms. The van der Waals surface area contributed by atoms with Gasteiger partial charge in [-0.3, -0.25) is 9.88 Å². The molecule has 1 aromatic heterocycles. The molecular weight excluding hydrogens is 260 g/mol. The molecular formula is C17H24N4. The van der Waals surface area contributed by atoms with Crippen LogP contribution in [0.4, 0.5) is 0 Å². The van der Waals surface area contributed by atoms with Crippen LogP contribution in [0.5, 0.6) is 0 Å². The lowest BCUT2D eigenvalue weighted by Gasteiger charge is -2.29. The van der Waals surface area contributed by atoms with Gasteiger partial charge in [0.05, 0.1) is 5.52 Å². The van der Waals surface area contributed by atoms with Gasteiger partial charge in [0, 0.05) is 57.4 Å². The standard InChI is InChI=1S/C17H24N4/c1-20(12-13-21-10-8-18-9-11-21)14-16-5-2-4-15-6-3-7-19-17(15)16/h2-7,18H,8-14H2,1H3. The number of rotatable bonds is 5. The first-order valence-corrected chi connectivity index (χ1v) is 7.77. The van der Waals surface area contributed by atoms with Crippen molar-refractivity contribution in [3.8, 4) is 0 Å². The molecule has 0 aliphatic carbocycles. The van der Waals surface area contributed by atoms with Crippen LogP contribution in [-0.2, 0) is 6.54 Å². The van der Waals surface area contributed by atoms with Gasteiger partial charge in [-0.25, -0.2) is 0 Å². The Hall–Kier alpha value is -1.49. The largest absolute Gasteiger partial charge is 0.314 e. The molecule has 0 saturated carbocycles. The normalized spacial score (nSPS) is 16.7. The fourth-order valence-corrected chi connectivity index (χ4v) is 2.91. The smallest absolute Gasteiger partial charge is 0.0746 e. The van der Waals surface area contributed by atoms with Gasteiger partial charge in [-0.05, 0) is 18.7 Å². The van der Waals surface area contributed by atoms with E-state index < -0.39 is 0 Å². The number of hydrogen-bond donors (Lipinski definition) is 1. The number of likely N-dealkylation sites (N-methyl/N-ethyl adjacent to an activating group) is 1. The van der Waals surface area contributed by atoms with Gasteiger partial charge in [0.2, 0.25) is 0 Å². The molecule has 0 radical (unpaired) electrons. The Morgan fingerprint density at radius 3 is 2.86 bits per heavy atom. The first-order valence-electron chi connectivity index (χ1n) is 7.77. The Morgan fingerprint density at radius 1 is 1.19 bits per heavy atom. The molecule has 1 fully saturated rings. The summed E-state index contributed by atoms with van der Waals surface area (Å²) in [6, 6.07) is 10.6. The van der Waals surface area contributed by atoms with Crippen molar-refractivity contribution in [2.45, 2.75) is 6.54 Å². The van der Waals surface area contributed by atoms with Gasteiger partial charge >= 0.3 is 0 Å². The maximum Gasteiger partial charge on any atom is 0.0746 e. The minimum absolute atomic E-state index is 0.959. The van der Waals surface area contributed by atoms with Crippen molar-refractivity contribution in [1.29, 1.82) is 0 Å². The van der Waals surface area contributed by atoms with Crippen molar-refractivity contribution in [1.82, 2.24) is 20.1 Å². The molecule has 1 N–H and O–H groups in total. The first-order chi connectivity index (χ1) is 10.3. The lowest BCUT2D eigenvalue weighted by atomic mass is 10.1. The average molecular weight is 284 g/mol. The van der Waals surface area contributed by atoms with Crippen LogP contribution >= 0.6 is 0 Å². The summed E-state index contributed by atoms with van der Waals surface area (Å²) in [5.41, 5.74) is 2.45. The van der Waals surface area contributed by atoms with Crippen LogP contribution in [0, 0.1) is 0 Å².